The van der Waals surface area contributed by atoms with Gasteiger partial charge in [-0.05, 0) is 58.8 Å². The van der Waals surface area contributed by atoms with E-state index in [2.05, 4.69) is 34.2 Å². The Morgan fingerprint density at radius 1 is 0.288 bits per heavy atom. The zero-order valence-corrected chi connectivity index (χ0v) is 27.7. The van der Waals surface area contributed by atoms with Gasteiger partial charge in [-0.1, -0.05) is 103 Å². The fraction of sp³-hybridized carbons (Fsp3) is 0. The predicted molar refractivity (Wildman–Crippen MR) is 204 cm³/mol. The van der Waals surface area contributed by atoms with Gasteiger partial charge in [0.2, 0.25) is 0 Å². The molecule has 0 radical (unpaired) electrons. The van der Waals surface area contributed by atoms with Crippen LogP contribution in [-0.4, -0.2) is 39.9 Å². The van der Waals surface area contributed by atoms with Gasteiger partial charge in [-0.2, -0.15) is 0 Å². The van der Waals surface area contributed by atoms with E-state index in [1.807, 2.05) is 134 Å². The molecule has 4 aromatic carbocycles. The third-order valence-electron chi connectivity index (χ3n) is 8.77. The van der Waals surface area contributed by atoms with Crippen molar-refractivity contribution in [3.8, 4) is 79.5 Å². The fourth-order valence-electron chi connectivity index (χ4n) is 6.24. The molecule has 0 bridgehead atoms. The summed E-state index contributed by atoms with van der Waals surface area (Å²) in [7, 11) is 0. The Labute approximate surface area is 299 Å². The molecule has 8 nitrogen and oxygen atoms in total. The largest absolute Gasteiger partial charge is 0.255 e. The summed E-state index contributed by atoms with van der Waals surface area (Å²) in [6.07, 6.45) is 7.26. The first kappa shape index (κ1) is 30.7. The number of rotatable bonds is 7. The van der Waals surface area contributed by atoms with Crippen molar-refractivity contribution >= 4 is 10.8 Å². The van der Waals surface area contributed by atoms with Crippen molar-refractivity contribution in [3.05, 3.63) is 170 Å². The van der Waals surface area contributed by atoms with Crippen molar-refractivity contribution in [3.63, 3.8) is 0 Å². The second-order valence-corrected chi connectivity index (χ2v) is 12.1. The zero-order valence-electron chi connectivity index (χ0n) is 27.7. The van der Waals surface area contributed by atoms with Crippen LogP contribution in [0.25, 0.3) is 90.2 Å². The van der Waals surface area contributed by atoms with E-state index < -0.39 is 0 Å². The summed E-state index contributed by atoms with van der Waals surface area (Å²) in [6, 6.07) is 48.0. The van der Waals surface area contributed by atoms with Gasteiger partial charge in [-0.3, -0.25) is 9.97 Å². The van der Waals surface area contributed by atoms with Gasteiger partial charge < -0.3 is 0 Å². The minimum atomic E-state index is 0.577. The molecule has 0 saturated carbocycles. The van der Waals surface area contributed by atoms with E-state index in [1.54, 1.807) is 12.4 Å². The standard InChI is InChI=1S/C44H28N8/c1-3-13-29(14-4-1)42-50-43(30-15-5-2-6-16-30)52-44(51-42)36-22-21-33(34-17-7-8-18-35(34)36)32-27-47-41(48-28-32)31-25-39(37-19-9-11-23-45-37)49-40(26-31)38-20-10-12-24-46-38/h1-28H. The lowest BCUT2D eigenvalue weighted by Crippen LogP contribution is -2.00. The van der Waals surface area contributed by atoms with Gasteiger partial charge >= 0.3 is 0 Å². The van der Waals surface area contributed by atoms with Gasteiger partial charge in [-0.25, -0.2) is 29.9 Å². The van der Waals surface area contributed by atoms with Gasteiger partial charge in [0.05, 0.1) is 22.8 Å². The predicted octanol–water partition coefficient (Wildman–Crippen LogP) is 9.67. The lowest BCUT2D eigenvalue weighted by molar-refractivity contribution is 1.08. The molecule has 0 amide bonds. The molecule has 0 fully saturated rings. The summed E-state index contributed by atoms with van der Waals surface area (Å²) in [6.45, 7) is 0. The number of hydrogen-bond donors (Lipinski definition) is 0. The van der Waals surface area contributed by atoms with E-state index in [0.29, 0.717) is 23.3 Å². The molecule has 5 aromatic heterocycles. The van der Waals surface area contributed by atoms with E-state index in [-0.39, 0.29) is 0 Å². The minimum Gasteiger partial charge on any atom is -0.255 e. The van der Waals surface area contributed by atoms with Crippen LogP contribution in [0.15, 0.2) is 170 Å². The number of fused-ring (bicyclic) bond motifs is 1. The minimum absolute atomic E-state index is 0.577. The molecule has 8 heteroatoms. The smallest absolute Gasteiger partial charge is 0.164 e. The number of nitrogens with zero attached hydrogens (tertiary/aromatic N) is 8. The van der Waals surface area contributed by atoms with E-state index in [9.17, 15) is 0 Å². The number of aromatic nitrogens is 8. The van der Waals surface area contributed by atoms with Crippen molar-refractivity contribution < 1.29 is 0 Å². The maximum atomic E-state index is 4.99. The summed E-state index contributed by atoms with van der Waals surface area (Å²) in [4.78, 5) is 38.5. The Balaban J connectivity index is 1.13. The average Bonchev–Trinajstić information content (AvgIpc) is 3.24. The molecule has 0 aliphatic rings. The molecule has 9 aromatic rings. The van der Waals surface area contributed by atoms with Crippen LogP contribution >= 0.6 is 0 Å². The van der Waals surface area contributed by atoms with Crippen molar-refractivity contribution in [2.75, 3.05) is 0 Å². The molecule has 0 atom stereocenters. The van der Waals surface area contributed by atoms with Crippen LogP contribution in [0.4, 0.5) is 0 Å². The van der Waals surface area contributed by atoms with Crippen molar-refractivity contribution in [1.29, 1.82) is 0 Å². The summed E-state index contributed by atoms with van der Waals surface area (Å²) < 4.78 is 0. The van der Waals surface area contributed by atoms with Crippen LogP contribution in [-0.2, 0) is 0 Å². The highest BCUT2D eigenvalue weighted by molar-refractivity contribution is 6.04. The van der Waals surface area contributed by atoms with Crippen LogP contribution in [0.3, 0.4) is 0 Å². The topological polar surface area (TPSA) is 103 Å². The van der Waals surface area contributed by atoms with E-state index in [0.717, 1.165) is 66.9 Å². The van der Waals surface area contributed by atoms with Gasteiger partial charge in [0, 0.05) is 52.6 Å². The molecule has 0 aliphatic heterocycles. The van der Waals surface area contributed by atoms with Crippen molar-refractivity contribution in [2.24, 2.45) is 0 Å². The summed E-state index contributed by atoms with van der Waals surface area (Å²) in [5.74, 6) is 2.42. The monoisotopic (exact) mass is 668 g/mol. The van der Waals surface area contributed by atoms with Gasteiger partial charge in [0.25, 0.3) is 0 Å². The molecule has 9 rings (SSSR count). The zero-order chi connectivity index (χ0) is 34.7. The quantitative estimate of drug-likeness (QED) is 0.165. The maximum absolute atomic E-state index is 4.99. The molecular weight excluding hydrogens is 641 g/mol. The van der Waals surface area contributed by atoms with Crippen LogP contribution in [0.2, 0.25) is 0 Å². The molecule has 0 aliphatic carbocycles. The van der Waals surface area contributed by atoms with Crippen LogP contribution in [0, 0.1) is 0 Å². The first-order valence-electron chi connectivity index (χ1n) is 16.8. The highest BCUT2D eigenvalue weighted by Gasteiger charge is 2.17. The maximum Gasteiger partial charge on any atom is 0.164 e. The van der Waals surface area contributed by atoms with Crippen LogP contribution < -0.4 is 0 Å². The van der Waals surface area contributed by atoms with Crippen LogP contribution in [0.5, 0.6) is 0 Å². The molecule has 0 N–H and O–H groups in total. The molecule has 5 heterocycles. The van der Waals surface area contributed by atoms with Gasteiger partial charge in [0.1, 0.15) is 0 Å². The molecular formula is C44H28N8. The molecule has 0 unspecified atom stereocenters. The summed E-state index contributed by atoms with van der Waals surface area (Å²) >= 11 is 0. The second kappa shape index (κ2) is 13.5. The molecule has 0 saturated heterocycles. The van der Waals surface area contributed by atoms with E-state index in [1.165, 1.54) is 0 Å². The lowest BCUT2D eigenvalue weighted by Gasteiger charge is -2.13. The Kier molecular flexibility index (Phi) is 7.99. The highest BCUT2D eigenvalue weighted by Crippen LogP contribution is 2.36. The third kappa shape index (κ3) is 6.05. The van der Waals surface area contributed by atoms with Crippen molar-refractivity contribution in [1.82, 2.24) is 39.9 Å². The third-order valence-corrected chi connectivity index (χ3v) is 8.77. The Hall–Kier alpha value is -7.32. The summed E-state index contributed by atoms with van der Waals surface area (Å²) in [5, 5.41) is 2.06. The highest BCUT2D eigenvalue weighted by atomic mass is 15.0. The van der Waals surface area contributed by atoms with E-state index in [4.69, 9.17) is 29.9 Å². The number of hydrogen-bond acceptors (Lipinski definition) is 8. The average molecular weight is 669 g/mol. The Morgan fingerprint density at radius 2 is 0.769 bits per heavy atom. The molecule has 0 spiro atoms. The Bertz CT molecular complexity index is 2540. The second-order valence-electron chi connectivity index (χ2n) is 12.1. The Morgan fingerprint density at radius 3 is 1.31 bits per heavy atom. The van der Waals surface area contributed by atoms with Crippen molar-refractivity contribution in [2.45, 2.75) is 0 Å². The normalized spacial score (nSPS) is 11.1. The van der Waals surface area contributed by atoms with E-state index >= 15 is 0 Å². The fourth-order valence-corrected chi connectivity index (χ4v) is 6.24. The number of benzene rings is 4. The summed E-state index contributed by atoms with van der Waals surface area (Å²) in [5.41, 5.74) is 8.44. The van der Waals surface area contributed by atoms with Gasteiger partial charge in [0.15, 0.2) is 23.3 Å². The SMILES string of the molecule is c1ccc(-c2nc(-c3ccccc3)nc(-c3ccc(-c4cnc(-c5cc(-c6ccccn6)nc(-c6ccccn6)c5)nc4)c4ccccc34)n2)cc1. The first-order chi connectivity index (χ1) is 25.8. The number of pyridine rings is 3. The molecule has 52 heavy (non-hydrogen) atoms. The first-order valence-corrected chi connectivity index (χ1v) is 16.8. The lowest BCUT2D eigenvalue weighted by atomic mass is 9.96. The molecule has 244 valence electrons. The van der Waals surface area contributed by atoms with Crippen LogP contribution in [0.1, 0.15) is 0 Å². The van der Waals surface area contributed by atoms with Gasteiger partial charge in [-0.15, -0.1) is 0 Å².